The second-order valence-electron chi connectivity index (χ2n) is 5.25. The molecule has 0 unspecified atom stereocenters. The third-order valence-electron chi connectivity index (χ3n) is 3.61. The van der Waals surface area contributed by atoms with Crippen LogP contribution in [0.4, 0.5) is 4.79 Å². The molecule has 4 amide bonds. The molecule has 23 heavy (non-hydrogen) atoms. The van der Waals surface area contributed by atoms with Gasteiger partial charge in [0.1, 0.15) is 12.1 Å². The molecule has 1 aromatic rings. The molecule has 4 N–H and O–H groups in total. The van der Waals surface area contributed by atoms with Gasteiger partial charge in [0.25, 0.3) is 5.91 Å². The fourth-order valence-corrected chi connectivity index (χ4v) is 2.46. The Bertz CT molecular complexity index is 631. The molecule has 1 aromatic carbocycles. The molecule has 0 bridgehead atoms. The quantitative estimate of drug-likeness (QED) is 0.603. The van der Waals surface area contributed by atoms with Crippen LogP contribution in [0, 0.1) is 0 Å². The molecule has 0 radical (unpaired) electrons. The molecule has 0 spiro atoms. The van der Waals surface area contributed by atoms with Crippen LogP contribution in [0.5, 0.6) is 0 Å². The van der Waals surface area contributed by atoms with Gasteiger partial charge in [-0.3, -0.25) is 14.4 Å². The summed E-state index contributed by atoms with van der Waals surface area (Å²) in [6, 6.07) is 6.08. The minimum absolute atomic E-state index is 0.0345. The van der Waals surface area contributed by atoms with Crippen LogP contribution in [0.3, 0.4) is 0 Å². The molecule has 1 aliphatic heterocycles. The van der Waals surface area contributed by atoms with E-state index in [2.05, 4.69) is 5.32 Å². The standard InChI is InChI=1S/C15H17N3O5/c16-13(21)11(8-9-4-2-1-3-5-9)18-14(22)10(17-15(18)23)6-7-12(19)20/h1-5,10-11H,6-8H2,(H2,16,21)(H,17,23)(H,19,20)/t10-,11-/m0/s1. The number of primary amides is 1. The predicted octanol–water partition coefficient (Wildman–Crippen LogP) is -0.132. The lowest BCUT2D eigenvalue weighted by Crippen LogP contribution is -2.49. The number of nitrogens with one attached hydrogen (secondary N) is 1. The maximum absolute atomic E-state index is 12.3. The van der Waals surface area contributed by atoms with Crippen LogP contribution in [-0.2, 0) is 20.8 Å². The number of hydrogen-bond donors (Lipinski definition) is 3. The topological polar surface area (TPSA) is 130 Å². The van der Waals surface area contributed by atoms with Crippen LogP contribution < -0.4 is 11.1 Å². The summed E-state index contributed by atoms with van der Waals surface area (Å²) in [6.07, 6.45) is -0.182. The first-order valence-electron chi connectivity index (χ1n) is 7.08. The van der Waals surface area contributed by atoms with Gasteiger partial charge >= 0.3 is 12.0 Å². The molecule has 1 fully saturated rings. The third-order valence-corrected chi connectivity index (χ3v) is 3.61. The number of benzene rings is 1. The Morgan fingerprint density at radius 2 is 1.91 bits per heavy atom. The van der Waals surface area contributed by atoms with E-state index in [1.807, 2.05) is 0 Å². The Morgan fingerprint density at radius 1 is 1.26 bits per heavy atom. The van der Waals surface area contributed by atoms with Crippen molar-refractivity contribution in [3.8, 4) is 0 Å². The van der Waals surface area contributed by atoms with Gasteiger partial charge in [0.15, 0.2) is 0 Å². The molecule has 2 atom stereocenters. The van der Waals surface area contributed by atoms with Crippen molar-refractivity contribution in [3.05, 3.63) is 35.9 Å². The number of carboxylic acids is 1. The average Bonchev–Trinajstić information content (AvgIpc) is 2.78. The first-order chi connectivity index (χ1) is 10.9. The Kier molecular flexibility index (Phi) is 4.95. The summed E-state index contributed by atoms with van der Waals surface area (Å²) < 4.78 is 0. The third kappa shape index (κ3) is 3.85. The Balaban J connectivity index is 2.15. The van der Waals surface area contributed by atoms with E-state index in [0.717, 1.165) is 10.5 Å². The van der Waals surface area contributed by atoms with Gasteiger partial charge in [0.2, 0.25) is 5.91 Å². The maximum Gasteiger partial charge on any atom is 0.325 e. The van der Waals surface area contributed by atoms with Crippen LogP contribution in [0.15, 0.2) is 30.3 Å². The molecule has 0 aromatic heterocycles. The zero-order valence-corrected chi connectivity index (χ0v) is 12.3. The molecule has 8 nitrogen and oxygen atoms in total. The number of imide groups is 1. The summed E-state index contributed by atoms with van der Waals surface area (Å²) in [5, 5.41) is 11.1. The van der Waals surface area contributed by atoms with Gasteiger partial charge in [-0.25, -0.2) is 9.69 Å². The number of carbonyl (C=O) groups is 4. The van der Waals surface area contributed by atoms with E-state index in [-0.39, 0.29) is 19.3 Å². The summed E-state index contributed by atoms with van der Waals surface area (Å²) >= 11 is 0. The van der Waals surface area contributed by atoms with Crippen LogP contribution >= 0.6 is 0 Å². The number of urea groups is 1. The smallest absolute Gasteiger partial charge is 0.325 e. The summed E-state index contributed by atoms with van der Waals surface area (Å²) in [5.41, 5.74) is 6.10. The Morgan fingerprint density at radius 3 is 2.48 bits per heavy atom. The van der Waals surface area contributed by atoms with Gasteiger partial charge < -0.3 is 16.2 Å². The van der Waals surface area contributed by atoms with E-state index in [1.54, 1.807) is 30.3 Å². The highest BCUT2D eigenvalue weighted by atomic mass is 16.4. The number of rotatable bonds is 7. The van der Waals surface area contributed by atoms with Gasteiger partial charge in [-0.15, -0.1) is 0 Å². The van der Waals surface area contributed by atoms with Crippen molar-refractivity contribution in [2.24, 2.45) is 5.73 Å². The fraction of sp³-hybridized carbons (Fsp3) is 0.333. The molecule has 8 heteroatoms. The monoisotopic (exact) mass is 319 g/mol. The maximum atomic E-state index is 12.3. The number of hydrogen-bond acceptors (Lipinski definition) is 4. The molecule has 0 saturated carbocycles. The van der Waals surface area contributed by atoms with Gasteiger partial charge in [0, 0.05) is 12.8 Å². The predicted molar refractivity (Wildman–Crippen MR) is 79.2 cm³/mol. The summed E-state index contributed by atoms with van der Waals surface area (Å²) in [5.74, 6) is -2.49. The molecular formula is C15H17N3O5. The van der Waals surface area contributed by atoms with Crippen molar-refractivity contribution in [2.45, 2.75) is 31.3 Å². The number of carboxylic acid groups (broad SMARTS) is 1. The van der Waals surface area contributed by atoms with E-state index in [1.165, 1.54) is 0 Å². The molecule has 1 saturated heterocycles. The molecule has 2 rings (SSSR count). The first kappa shape index (κ1) is 16.5. The number of amides is 4. The highest BCUT2D eigenvalue weighted by Crippen LogP contribution is 2.17. The van der Waals surface area contributed by atoms with E-state index in [4.69, 9.17) is 10.8 Å². The van der Waals surface area contributed by atoms with Crippen molar-refractivity contribution in [3.63, 3.8) is 0 Å². The number of nitrogens with two attached hydrogens (primary N) is 1. The van der Waals surface area contributed by atoms with Crippen LogP contribution in [0.2, 0.25) is 0 Å². The summed E-state index contributed by atoms with van der Waals surface area (Å²) in [6.45, 7) is 0. The molecule has 1 aliphatic rings. The van der Waals surface area contributed by atoms with Crippen molar-refractivity contribution in [1.82, 2.24) is 10.2 Å². The minimum Gasteiger partial charge on any atom is -0.481 e. The van der Waals surface area contributed by atoms with E-state index in [9.17, 15) is 19.2 Å². The molecule has 122 valence electrons. The highest BCUT2D eigenvalue weighted by Gasteiger charge is 2.43. The van der Waals surface area contributed by atoms with Crippen molar-refractivity contribution in [1.29, 1.82) is 0 Å². The van der Waals surface area contributed by atoms with Crippen molar-refractivity contribution in [2.75, 3.05) is 0 Å². The summed E-state index contributed by atoms with van der Waals surface area (Å²) in [4.78, 5) is 47.4. The van der Waals surface area contributed by atoms with E-state index >= 15 is 0 Å². The lowest BCUT2D eigenvalue weighted by atomic mass is 10.0. The second-order valence-corrected chi connectivity index (χ2v) is 5.25. The second kappa shape index (κ2) is 6.91. The van der Waals surface area contributed by atoms with E-state index < -0.39 is 35.9 Å². The fourth-order valence-electron chi connectivity index (χ4n) is 2.46. The molecular weight excluding hydrogens is 302 g/mol. The summed E-state index contributed by atoms with van der Waals surface area (Å²) in [7, 11) is 0. The van der Waals surface area contributed by atoms with Crippen LogP contribution in [0.1, 0.15) is 18.4 Å². The average molecular weight is 319 g/mol. The highest BCUT2D eigenvalue weighted by molar-refractivity contribution is 6.07. The zero-order valence-electron chi connectivity index (χ0n) is 12.3. The van der Waals surface area contributed by atoms with Gasteiger partial charge in [-0.1, -0.05) is 30.3 Å². The zero-order chi connectivity index (χ0) is 17.0. The Hall–Kier alpha value is -2.90. The lowest BCUT2D eigenvalue weighted by molar-refractivity contribution is -0.138. The first-order valence-corrected chi connectivity index (χ1v) is 7.08. The lowest BCUT2D eigenvalue weighted by Gasteiger charge is -2.22. The SMILES string of the molecule is NC(=O)[C@H](Cc1ccccc1)N1C(=O)N[C@@H](CCC(=O)O)C1=O. The van der Waals surface area contributed by atoms with Gasteiger partial charge in [0.05, 0.1) is 0 Å². The van der Waals surface area contributed by atoms with E-state index in [0.29, 0.717) is 0 Å². The normalized spacial score (nSPS) is 18.6. The van der Waals surface area contributed by atoms with Gasteiger partial charge in [-0.2, -0.15) is 0 Å². The van der Waals surface area contributed by atoms with Gasteiger partial charge in [-0.05, 0) is 12.0 Å². The number of carbonyl (C=O) groups excluding carboxylic acids is 3. The minimum atomic E-state index is -1.11. The Labute approximate surface area is 132 Å². The largest absolute Gasteiger partial charge is 0.481 e. The molecule has 0 aliphatic carbocycles. The van der Waals surface area contributed by atoms with Crippen LogP contribution in [-0.4, -0.2) is 45.9 Å². The van der Waals surface area contributed by atoms with Crippen molar-refractivity contribution >= 4 is 23.8 Å². The number of aliphatic carboxylic acids is 1. The van der Waals surface area contributed by atoms with Crippen LogP contribution in [0.25, 0.3) is 0 Å². The molecule has 1 heterocycles. The number of nitrogens with zero attached hydrogens (tertiary/aromatic N) is 1. The van der Waals surface area contributed by atoms with Crippen molar-refractivity contribution < 1.29 is 24.3 Å².